The molecule has 0 aliphatic carbocycles. The molecule has 1 aliphatic rings. The first-order chi connectivity index (χ1) is 9.24. The van der Waals surface area contributed by atoms with E-state index in [0.29, 0.717) is 11.7 Å². The van der Waals surface area contributed by atoms with E-state index in [4.69, 9.17) is 5.84 Å². The Hall–Kier alpha value is -1.46. The summed E-state index contributed by atoms with van der Waals surface area (Å²) in [6, 6.07) is 6.15. The normalized spacial score (nSPS) is 20.2. The Kier molecular flexibility index (Phi) is 4.87. The second-order valence-electron chi connectivity index (χ2n) is 5.02. The van der Waals surface area contributed by atoms with Gasteiger partial charge in [-0.2, -0.15) is 0 Å². The Balaban J connectivity index is 2.07. The van der Waals surface area contributed by atoms with E-state index in [1.165, 1.54) is 25.7 Å². The van der Waals surface area contributed by atoms with Gasteiger partial charge in [-0.1, -0.05) is 19.4 Å². The summed E-state index contributed by atoms with van der Waals surface area (Å²) in [5.74, 6) is 4.79. The van der Waals surface area contributed by atoms with Crippen molar-refractivity contribution >= 4 is 5.91 Å². The molecular formula is C14H22N4O. The third kappa shape index (κ3) is 3.52. The average molecular weight is 262 g/mol. The number of hydrogen-bond donors (Lipinski definition) is 2. The zero-order chi connectivity index (χ0) is 13.7. The van der Waals surface area contributed by atoms with Crippen molar-refractivity contribution < 1.29 is 4.79 Å². The number of nitrogens with zero attached hydrogens (tertiary/aromatic N) is 2. The van der Waals surface area contributed by atoms with Gasteiger partial charge < -0.3 is 0 Å². The number of piperidine rings is 1. The predicted molar refractivity (Wildman–Crippen MR) is 74.2 cm³/mol. The zero-order valence-electron chi connectivity index (χ0n) is 11.4. The molecule has 0 aromatic carbocycles. The third-order valence-electron chi connectivity index (χ3n) is 3.76. The van der Waals surface area contributed by atoms with Crippen LogP contribution in [-0.4, -0.2) is 28.4 Å². The van der Waals surface area contributed by atoms with Crippen molar-refractivity contribution in [3.8, 4) is 0 Å². The van der Waals surface area contributed by atoms with Crippen molar-refractivity contribution in [1.29, 1.82) is 0 Å². The van der Waals surface area contributed by atoms with E-state index in [1.54, 1.807) is 6.07 Å². The fourth-order valence-electron chi connectivity index (χ4n) is 2.71. The minimum atomic E-state index is -0.340. The Morgan fingerprint density at radius 2 is 2.37 bits per heavy atom. The first-order valence-corrected chi connectivity index (χ1v) is 6.95. The molecule has 104 valence electrons. The van der Waals surface area contributed by atoms with Gasteiger partial charge in [-0.05, 0) is 37.9 Å². The smallest absolute Gasteiger partial charge is 0.283 e. The lowest BCUT2D eigenvalue weighted by Gasteiger charge is -2.34. The van der Waals surface area contributed by atoms with E-state index in [9.17, 15) is 4.79 Å². The molecule has 1 atom stereocenters. The molecular weight excluding hydrogens is 240 g/mol. The number of likely N-dealkylation sites (tertiary alicyclic amines) is 1. The number of nitrogens with one attached hydrogen (secondary N) is 1. The van der Waals surface area contributed by atoms with Crippen LogP contribution in [-0.2, 0) is 6.54 Å². The van der Waals surface area contributed by atoms with Gasteiger partial charge in [0, 0.05) is 12.6 Å². The maximum Gasteiger partial charge on any atom is 0.283 e. The maximum atomic E-state index is 11.5. The second-order valence-corrected chi connectivity index (χ2v) is 5.02. The highest BCUT2D eigenvalue weighted by atomic mass is 16.2. The van der Waals surface area contributed by atoms with E-state index in [1.807, 2.05) is 12.1 Å². The van der Waals surface area contributed by atoms with Crippen LogP contribution in [0.4, 0.5) is 0 Å². The van der Waals surface area contributed by atoms with Gasteiger partial charge in [0.1, 0.15) is 5.69 Å². The summed E-state index contributed by atoms with van der Waals surface area (Å²) in [5.41, 5.74) is 3.43. The van der Waals surface area contributed by atoms with Crippen LogP contribution in [0, 0.1) is 0 Å². The fourth-order valence-corrected chi connectivity index (χ4v) is 2.71. The summed E-state index contributed by atoms with van der Waals surface area (Å²) in [4.78, 5) is 18.3. The van der Waals surface area contributed by atoms with Crippen LogP contribution in [0.1, 0.15) is 48.8 Å². The predicted octanol–water partition coefficient (Wildman–Crippen LogP) is 1.45. The molecule has 0 spiro atoms. The van der Waals surface area contributed by atoms with E-state index in [-0.39, 0.29) is 5.91 Å². The molecule has 3 N–H and O–H groups in total. The van der Waals surface area contributed by atoms with E-state index >= 15 is 0 Å². The molecule has 0 saturated carbocycles. The van der Waals surface area contributed by atoms with Crippen molar-refractivity contribution in [3.63, 3.8) is 0 Å². The maximum absolute atomic E-state index is 11.5. The Morgan fingerprint density at radius 1 is 1.53 bits per heavy atom. The highest BCUT2D eigenvalue weighted by molar-refractivity contribution is 5.91. The van der Waals surface area contributed by atoms with Gasteiger partial charge >= 0.3 is 0 Å². The van der Waals surface area contributed by atoms with Crippen molar-refractivity contribution in [2.24, 2.45) is 5.84 Å². The molecule has 1 fully saturated rings. The zero-order valence-corrected chi connectivity index (χ0v) is 11.4. The van der Waals surface area contributed by atoms with Gasteiger partial charge in [0.2, 0.25) is 0 Å². The molecule has 0 radical (unpaired) electrons. The van der Waals surface area contributed by atoms with E-state index < -0.39 is 0 Å². The van der Waals surface area contributed by atoms with Crippen LogP contribution < -0.4 is 11.3 Å². The van der Waals surface area contributed by atoms with Gasteiger partial charge in [-0.25, -0.2) is 10.8 Å². The molecule has 1 aromatic heterocycles. The van der Waals surface area contributed by atoms with Crippen LogP contribution in [0.5, 0.6) is 0 Å². The van der Waals surface area contributed by atoms with Crippen LogP contribution in [0.15, 0.2) is 18.2 Å². The Morgan fingerprint density at radius 3 is 3.11 bits per heavy atom. The van der Waals surface area contributed by atoms with Crippen LogP contribution in [0.3, 0.4) is 0 Å². The molecule has 1 saturated heterocycles. The number of carbonyl (C=O) groups is 1. The lowest BCUT2D eigenvalue weighted by molar-refractivity contribution is 0.0947. The number of hydrogen-bond acceptors (Lipinski definition) is 4. The van der Waals surface area contributed by atoms with Gasteiger partial charge in [-0.3, -0.25) is 15.1 Å². The van der Waals surface area contributed by atoms with E-state index in [2.05, 4.69) is 22.2 Å². The van der Waals surface area contributed by atoms with Crippen molar-refractivity contribution in [2.45, 2.75) is 45.2 Å². The molecule has 1 unspecified atom stereocenters. The lowest BCUT2D eigenvalue weighted by Crippen LogP contribution is -2.38. The Labute approximate surface area is 114 Å². The lowest BCUT2D eigenvalue weighted by atomic mass is 10.00. The summed E-state index contributed by atoms with van der Waals surface area (Å²) in [6.45, 7) is 4.16. The summed E-state index contributed by atoms with van der Waals surface area (Å²) >= 11 is 0. The first-order valence-electron chi connectivity index (χ1n) is 6.95. The highest BCUT2D eigenvalue weighted by Gasteiger charge is 2.21. The monoisotopic (exact) mass is 262 g/mol. The number of rotatable bonds is 4. The first kappa shape index (κ1) is 14.0. The Bertz CT molecular complexity index is 435. The standard InChI is InChI=1S/C14H22N4O/c1-2-12-7-3-4-9-18(12)10-11-6-5-8-13(16-11)14(19)17-15/h5-6,8,12H,2-4,7,9-10,15H2,1H3,(H,17,19). The molecule has 0 bridgehead atoms. The minimum Gasteiger partial charge on any atom is -0.295 e. The molecule has 1 aromatic rings. The number of nitrogens with two attached hydrogens (primary N) is 1. The number of pyridine rings is 1. The van der Waals surface area contributed by atoms with Crippen molar-refractivity contribution in [1.82, 2.24) is 15.3 Å². The molecule has 1 aliphatic heterocycles. The summed E-state index contributed by atoms with van der Waals surface area (Å²) in [7, 11) is 0. The summed E-state index contributed by atoms with van der Waals surface area (Å²) in [5, 5.41) is 0. The van der Waals surface area contributed by atoms with Crippen molar-refractivity contribution in [3.05, 3.63) is 29.6 Å². The molecule has 2 heterocycles. The van der Waals surface area contributed by atoms with Crippen LogP contribution in [0.2, 0.25) is 0 Å². The quantitative estimate of drug-likeness (QED) is 0.489. The number of aromatic nitrogens is 1. The van der Waals surface area contributed by atoms with Gasteiger partial charge in [-0.15, -0.1) is 0 Å². The molecule has 1 amide bonds. The second kappa shape index (κ2) is 6.63. The molecule has 19 heavy (non-hydrogen) atoms. The van der Waals surface area contributed by atoms with Gasteiger partial charge in [0.05, 0.1) is 5.69 Å². The number of hydrazine groups is 1. The minimum absolute atomic E-state index is 0.340. The molecule has 5 heteroatoms. The average Bonchev–Trinajstić information content (AvgIpc) is 2.47. The van der Waals surface area contributed by atoms with Crippen LogP contribution in [0.25, 0.3) is 0 Å². The fraction of sp³-hybridized carbons (Fsp3) is 0.571. The van der Waals surface area contributed by atoms with Gasteiger partial charge in [0.15, 0.2) is 0 Å². The third-order valence-corrected chi connectivity index (χ3v) is 3.76. The largest absolute Gasteiger partial charge is 0.295 e. The molecule has 2 rings (SSSR count). The number of nitrogen functional groups attached to an aromatic ring is 1. The molecule has 5 nitrogen and oxygen atoms in total. The number of carbonyl (C=O) groups excluding carboxylic acids is 1. The van der Waals surface area contributed by atoms with Crippen molar-refractivity contribution in [2.75, 3.05) is 6.54 Å². The summed E-state index contributed by atoms with van der Waals surface area (Å²) in [6.07, 6.45) is 5.00. The van der Waals surface area contributed by atoms with Gasteiger partial charge in [0.25, 0.3) is 5.91 Å². The highest BCUT2D eigenvalue weighted by Crippen LogP contribution is 2.21. The SMILES string of the molecule is CCC1CCCCN1Cc1cccc(C(=O)NN)n1. The topological polar surface area (TPSA) is 71.2 Å². The van der Waals surface area contributed by atoms with Crippen LogP contribution >= 0.6 is 0 Å². The summed E-state index contributed by atoms with van der Waals surface area (Å²) < 4.78 is 0. The van der Waals surface area contributed by atoms with E-state index in [0.717, 1.165) is 18.8 Å². The number of amides is 1.